The van der Waals surface area contributed by atoms with Crippen LogP contribution >= 0.6 is 0 Å². The van der Waals surface area contributed by atoms with Gasteiger partial charge in [0.05, 0.1) is 27.8 Å². The molecule has 12 aromatic carbocycles. The Labute approximate surface area is 421 Å². The van der Waals surface area contributed by atoms with E-state index in [2.05, 4.69) is 255 Å². The van der Waals surface area contributed by atoms with Crippen LogP contribution in [0.3, 0.4) is 0 Å². The SMILES string of the molecule is c1ccc(C2(c3ccccc3)c3cc(-c4nc(-c5cc6ccccc6c6ccccc56)c5ccccc5n4)ccc3-c3ccc(-c4nc(-c5cc6ccccc6c6ccccc56)c5ccccc5n4)cc32)cc1. The lowest BCUT2D eigenvalue weighted by molar-refractivity contribution is 0.768. The normalized spacial score (nSPS) is 12.8. The molecule has 0 radical (unpaired) electrons. The van der Waals surface area contributed by atoms with Crippen molar-refractivity contribution >= 4 is 64.9 Å². The molecule has 0 N–H and O–H groups in total. The molecule has 0 aliphatic heterocycles. The Hall–Kier alpha value is -9.64. The van der Waals surface area contributed by atoms with Gasteiger partial charge < -0.3 is 0 Å². The highest BCUT2D eigenvalue weighted by Gasteiger charge is 2.46. The zero-order valence-electron chi connectivity index (χ0n) is 39.5. The molecule has 14 aromatic rings. The van der Waals surface area contributed by atoms with Crippen LogP contribution in [0.15, 0.2) is 255 Å². The summed E-state index contributed by atoms with van der Waals surface area (Å²) in [5, 5.41) is 11.6. The van der Waals surface area contributed by atoms with Crippen molar-refractivity contribution in [3.05, 3.63) is 277 Å². The van der Waals surface area contributed by atoms with Gasteiger partial charge in [-0.2, -0.15) is 0 Å². The summed E-state index contributed by atoms with van der Waals surface area (Å²) in [7, 11) is 0. The highest BCUT2D eigenvalue weighted by atomic mass is 14.9. The molecule has 0 saturated heterocycles. The molecule has 0 amide bonds. The fraction of sp³-hybridized carbons (Fsp3) is 0.0145. The van der Waals surface area contributed by atoms with Gasteiger partial charge in [0.25, 0.3) is 0 Å². The van der Waals surface area contributed by atoms with Crippen molar-refractivity contribution in [1.29, 1.82) is 0 Å². The first-order valence-electron chi connectivity index (χ1n) is 25.0. The summed E-state index contributed by atoms with van der Waals surface area (Å²) in [5.41, 5.74) is 14.0. The molecule has 4 heteroatoms. The zero-order valence-corrected chi connectivity index (χ0v) is 39.5. The van der Waals surface area contributed by atoms with Crippen LogP contribution in [0.2, 0.25) is 0 Å². The van der Waals surface area contributed by atoms with E-state index in [4.69, 9.17) is 19.9 Å². The van der Waals surface area contributed by atoms with E-state index in [9.17, 15) is 0 Å². The average Bonchev–Trinajstić information content (AvgIpc) is 3.77. The van der Waals surface area contributed by atoms with Gasteiger partial charge in [-0.3, -0.25) is 0 Å². The number of hydrogen-bond donors (Lipinski definition) is 0. The molecule has 0 fully saturated rings. The zero-order chi connectivity index (χ0) is 48.0. The summed E-state index contributed by atoms with van der Waals surface area (Å²) in [6.07, 6.45) is 0. The molecule has 4 nitrogen and oxygen atoms in total. The Balaban J connectivity index is 0.960. The van der Waals surface area contributed by atoms with Crippen molar-refractivity contribution < 1.29 is 0 Å². The second-order valence-corrected chi connectivity index (χ2v) is 19.2. The fourth-order valence-electron chi connectivity index (χ4n) is 12.1. The summed E-state index contributed by atoms with van der Waals surface area (Å²) in [4.78, 5) is 21.9. The lowest BCUT2D eigenvalue weighted by atomic mass is 9.67. The first kappa shape index (κ1) is 41.2. The van der Waals surface area contributed by atoms with E-state index in [0.29, 0.717) is 11.6 Å². The number of fused-ring (bicyclic) bond motifs is 11. The summed E-state index contributed by atoms with van der Waals surface area (Å²) in [5.74, 6) is 1.36. The highest BCUT2D eigenvalue weighted by Crippen LogP contribution is 2.57. The Morgan fingerprint density at radius 1 is 0.247 bits per heavy atom. The number of rotatable bonds is 6. The standard InChI is InChI=1S/C69H42N4/c1-3-21-47(22-4-1)69(48-23-5-2-6-24-48)61-41-45(67-70-63-33-17-15-31-57(63)65(72-67)59-39-43-19-7-9-25-49(43)51-27-11-13-29-53(51)59)35-37-55(61)56-38-36-46(42-62(56)69)68-71-64-34-18-16-32-58(64)66(73-68)60-40-44-20-8-10-26-50(44)52-28-12-14-30-54(52)60/h1-42H. The second-order valence-electron chi connectivity index (χ2n) is 19.2. The lowest BCUT2D eigenvalue weighted by Gasteiger charge is -2.34. The minimum Gasteiger partial charge on any atom is -0.228 e. The van der Waals surface area contributed by atoms with Gasteiger partial charge in [-0.25, -0.2) is 19.9 Å². The highest BCUT2D eigenvalue weighted by molar-refractivity contribution is 6.17. The van der Waals surface area contributed by atoms with Crippen LogP contribution in [0.5, 0.6) is 0 Å². The van der Waals surface area contributed by atoms with E-state index in [1.165, 1.54) is 65.7 Å². The number of nitrogens with zero attached hydrogens (tertiary/aromatic N) is 4. The minimum atomic E-state index is -0.721. The van der Waals surface area contributed by atoms with E-state index >= 15 is 0 Å². The molecule has 338 valence electrons. The van der Waals surface area contributed by atoms with Gasteiger partial charge >= 0.3 is 0 Å². The average molecular weight is 927 g/mol. The van der Waals surface area contributed by atoms with Crippen molar-refractivity contribution in [1.82, 2.24) is 19.9 Å². The Morgan fingerprint density at radius 3 is 1.04 bits per heavy atom. The molecule has 0 unspecified atom stereocenters. The smallest absolute Gasteiger partial charge is 0.160 e. The van der Waals surface area contributed by atoms with Gasteiger partial charge in [0.1, 0.15) is 0 Å². The van der Waals surface area contributed by atoms with Crippen LogP contribution < -0.4 is 0 Å². The Bertz CT molecular complexity index is 4270. The van der Waals surface area contributed by atoms with Crippen molar-refractivity contribution in [2.75, 3.05) is 0 Å². The molecule has 2 heterocycles. The summed E-state index contributed by atoms with van der Waals surface area (Å²) in [6.45, 7) is 0. The van der Waals surface area contributed by atoms with Crippen molar-refractivity contribution in [3.63, 3.8) is 0 Å². The van der Waals surface area contributed by atoms with Crippen LogP contribution in [0.4, 0.5) is 0 Å². The fourth-order valence-corrected chi connectivity index (χ4v) is 12.1. The molecule has 0 saturated carbocycles. The summed E-state index contributed by atoms with van der Waals surface area (Å²) >= 11 is 0. The van der Waals surface area contributed by atoms with Gasteiger partial charge in [-0.05, 0) is 113 Å². The number of benzene rings is 12. The maximum absolute atomic E-state index is 5.59. The van der Waals surface area contributed by atoms with Gasteiger partial charge in [0, 0.05) is 33.0 Å². The minimum absolute atomic E-state index is 0.679. The Morgan fingerprint density at radius 2 is 0.603 bits per heavy atom. The maximum Gasteiger partial charge on any atom is 0.160 e. The van der Waals surface area contributed by atoms with E-state index in [1.54, 1.807) is 0 Å². The van der Waals surface area contributed by atoms with Crippen LogP contribution in [-0.4, -0.2) is 19.9 Å². The molecule has 1 aliphatic carbocycles. The predicted molar refractivity (Wildman–Crippen MR) is 302 cm³/mol. The number of aromatic nitrogens is 4. The van der Waals surface area contributed by atoms with Gasteiger partial charge in [0.15, 0.2) is 11.6 Å². The van der Waals surface area contributed by atoms with E-state index < -0.39 is 5.41 Å². The molecular formula is C69H42N4. The van der Waals surface area contributed by atoms with Crippen molar-refractivity contribution in [3.8, 4) is 56.4 Å². The maximum atomic E-state index is 5.59. The van der Waals surface area contributed by atoms with E-state index in [-0.39, 0.29) is 0 Å². The summed E-state index contributed by atoms with van der Waals surface area (Å²) in [6, 6.07) is 91.7. The largest absolute Gasteiger partial charge is 0.228 e. The first-order valence-corrected chi connectivity index (χ1v) is 25.0. The third-order valence-corrected chi connectivity index (χ3v) is 15.3. The number of para-hydroxylation sites is 2. The van der Waals surface area contributed by atoms with E-state index in [1.807, 2.05) is 0 Å². The third-order valence-electron chi connectivity index (χ3n) is 15.3. The van der Waals surface area contributed by atoms with Gasteiger partial charge in [-0.15, -0.1) is 0 Å². The molecule has 2 aromatic heterocycles. The van der Waals surface area contributed by atoms with Crippen LogP contribution in [0.25, 0.3) is 121 Å². The lowest BCUT2D eigenvalue weighted by Crippen LogP contribution is -2.28. The molecule has 0 bridgehead atoms. The van der Waals surface area contributed by atoms with Gasteiger partial charge in [0.2, 0.25) is 0 Å². The summed E-state index contributed by atoms with van der Waals surface area (Å²) < 4.78 is 0. The monoisotopic (exact) mass is 926 g/mol. The van der Waals surface area contributed by atoms with E-state index in [0.717, 1.165) is 66.2 Å². The molecule has 1 aliphatic rings. The number of hydrogen-bond acceptors (Lipinski definition) is 4. The molecular weight excluding hydrogens is 885 g/mol. The molecule has 15 rings (SSSR count). The topological polar surface area (TPSA) is 51.6 Å². The third kappa shape index (κ3) is 6.27. The molecule has 0 spiro atoms. The van der Waals surface area contributed by atoms with Crippen molar-refractivity contribution in [2.24, 2.45) is 0 Å². The first-order chi connectivity index (χ1) is 36.2. The molecule has 73 heavy (non-hydrogen) atoms. The Kier molecular flexibility index (Phi) is 9.14. The quantitative estimate of drug-likeness (QED) is 0.156. The van der Waals surface area contributed by atoms with Crippen molar-refractivity contribution in [2.45, 2.75) is 5.41 Å². The molecule has 0 atom stereocenters. The van der Waals surface area contributed by atoms with Gasteiger partial charge in [-0.1, -0.05) is 218 Å². The second kappa shape index (κ2) is 16.2. The van der Waals surface area contributed by atoms with Crippen LogP contribution in [0, 0.1) is 0 Å². The predicted octanol–water partition coefficient (Wildman–Crippen LogP) is 17.2. The van der Waals surface area contributed by atoms with Crippen LogP contribution in [0.1, 0.15) is 22.3 Å². The van der Waals surface area contributed by atoms with Crippen LogP contribution in [-0.2, 0) is 5.41 Å².